The van der Waals surface area contributed by atoms with E-state index in [9.17, 15) is 4.79 Å². The number of rotatable bonds is 4. The van der Waals surface area contributed by atoms with Crippen molar-refractivity contribution in [3.05, 3.63) is 95.2 Å². The van der Waals surface area contributed by atoms with Crippen LogP contribution in [-0.4, -0.2) is 10.4 Å². The predicted octanol–water partition coefficient (Wildman–Crippen LogP) is 4.54. The second-order valence-electron chi connectivity index (χ2n) is 5.86. The quantitative estimate of drug-likeness (QED) is 0.370. The van der Waals surface area contributed by atoms with Crippen molar-refractivity contribution in [2.75, 3.05) is 0 Å². The summed E-state index contributed by atoms with van der Waals surface area (Å²) >= 11 is 3.48. The zero-order chi connectivity index (χ0) is 17.2. The van der Waals surface area contributed by atoms with Crippen LogP contribution in [0.1, 0.15) is 10.4 Å². The number of fused-ring (bicyclic) bond motifs is 1. The van der Waals surface area contributed by atoms with E-state index in [0.717, 1.165) is 26.9 Å². The van der Waals surface area contributed by atoms with Gasteiger partial charge in [-0.2, -0.15) is 0 Å². The molecule has 4 rings (SSSR count). The Kier molecular flexibility index (Phi) is 4.20. The number of hydrogen-bond acceptors (Lipinski definition) is 1. The van der Waals surface area contributed by atoms with Crippen LogP contribution in [0.15, 0.2) is 89.7 Å². The summed E-state index contributed by atoms with van der Waals surface area (Å²) in [4.78, 5) is 12.8. The van der Waals surface area contributed by atoms with Crippen LogP contribution < -0.4 is 4.40 Å². The van der Waals surface area contributed by atoms with Gasteiger partial charge < -0.3 is 0 Å². The summed E-state index contributed by atoms with van der Waals surface area (Å²) in [6.45, 7) is 0.302. The lowest BCUT2D eigenvalue weighted by Gasteiger charge is -2.03. The lowest BCUT2D eigenvalue weighted by atomic mass is 10.1. The normalized spacial score (nSPS) is 10.9. The van der Waals surface area contributed by atoms with E-state index in [2.05, 4.69) is 43.2 Å². The molecule has 3 nitrogen and oxygen atoms in total. The van der Waals surface area contributed by atoms with Gasteiger partial charge >= 0.3 is 0 Å². The van der Waals surface area contributed by atoms with Gasteiger partial charge in [-0.25, -0.2) is 8.97 Å². The number of benzene rings is 2. The lowest BCUT2D eigenvalue weighted by molar-refractivity contribution is -0.510. The number of ketones is 1. The Hall–Kier alpha value is -2.72. The van der Waals surface area contributed by atoms with Crippen molar-refractivity contribution < 1.29 is 9.20 Å². The number of pyridine rings is 1. The Morgan fingerprint density at radius 3 is 2.40 bits per heavy atom. The topological polar surface area (TPSA) is 26.1 Å². The minimum Gasteiger partial charge on any atom is -0.290 e. The zero-order valence-electron chi connectivity index (χ0n) is 13.5. The zero-order valence-corrected chi connectivity index (χ0v) is 15.1. The summed E-state index contributed by atoms with van der Waals surface area (Å²) in [5.41, 5.74) is 3.81. The molecule has 0 saturated heterocycles. The molecule has 0 saturated carbocycles. The molecule has 2 aromatic carbocycles. The second kappa shape index (κ2) is 6.65. The van der Waals surface area contributed by atoms with Gasteiger partial charge in [-0.3, -0.25) is 4.79 Å². The average Bonchev–Trinajstić information content (AvgIpc) is 3.02. The minimum atomic E-state index is 0.0981. The summed E-state index contributed by atoms with van der Waals surface area (Å²) < 4.78 is 5.15. The monoisotopic (exact) mass is 391 g/mol. The van der Waals surface area contributed by atoms with E-state index in [4.69, 9.17) is 0 Å². The Bertz CT molecular complexity index is 1040. The van der Waals surface area contributed by atoms with Gasteiger partial charge in [0.15, 0.2) is 12.2 Å². The molecule has 0 spiro atoms. The maximum Gasteiger partial charge on any atom is 0.287 e. The molecule has 0 bridgehead atoms. The standard InChI is InChI=1S/C21H16BrN2O/c22-18-11-9-16(10-12-18)19-14-23-13-5-4-8-21(23)24(19)15-20(25)17-6-2-1-3-7-17/h1-14H,15H2/q+1. The second-order valence-corrected chi connectivity index (χ2v) is 6.78. The average molecular weight is 392 g/mol. The number of carbonyl (C=O) groups is 1. The molecule has 2 heterocycles. The van der Waals surface area contributed by atoms with Crippen LogP contribution >= 0.6 is 15.9 Å². The van der Waals surface area contributed by atoms with Crippen molar-refractivity contribution in [2.45, 2.75) is 6.54 Å². The SMILES string of the molecule is O=C(Cn1c(-c2ccc(Br)cc2)c[n+]2ccccc12)c1ccccc1. The van der Waals surface area contributed by atoms with Gasteiger partial charge in [-0.1, -0.05) is 52.3 Å². The van der Waals surface area contributed by atoms with E-state index >= 15 is 0 Å². The number of halogens is 1. The number of Topliss-reactive ketones (excluding diaryl/α,β-unsaturated/α-hetero) is 1. The predicted molar refractivity (Wildman–Crippen MR) is 102 cm³/mol. The van der Waals surface area contributed by atoms with E-state index in [1.165, 1.54) is 0 Å². The van der Waals surface area contributed by atoms with Crippen molar-refractivity contribution in [1.29, 1.82) is 0 Å². The van der Waals surface area contributed by atoms with E-state index in [1.54, 1.807) is 0 Å². The van der Waals surface area contributed by atoms with Crippen molar-refractivity contribution in [1.82, 2.24) is 4.57 Å². The maximum atomic E-state index is 12.8. The molecular formula is C21H16BrN2O+. The third kappa shape index (κ3) is 3.13. The number of aromatic nitrogens is 2. The molecule has 0 fully saturated rings. The van der Waals surface area contributed by atoms with Crippen LogP contribution in [0.25, 0.3) is 16.9 Å². The van der Waals surface area contributed by atoms with Gasteiger partial charge in [-0.15, -0.1) is 0 Å². The third-order valence-electron chi connectivity index (χ3n) is 4.23. The maximum absolute atomic E-state index is 12.8. The van der Waals surface area contributed by atoms with Crippen LogP contribution in [0.4, 0.5) is 0 Å². The molecule has 4 aromatic rings. The molecule has 0 N–H and O–H groups in total. The number of carbonyl (C=O) groups excluding carboxylic acids is 1. The highest BCUT2D eigenvalue weighted by Crippen LogP contribution is 2.23. The molecule has 0 amide bonds. The summed E-state index contributed by atoms with van der Waals surface area (Å²) in [5, 5.41) is 0. The van der Waals surface area contributed by atoms with Crippen molar-refractivity contribution >= 4 is 27.4 Å². The molecule has 0 atom stereocenters. The van der Waals surface area contributed by atoms with E-state index < -0.39 is 0 Å². The van der Waals surface area contributed by atoms with Crippen LogP contribution in [-0.2, 0) is 6.54 Å². The van der Waals surface area contributed by atoms with E-state index in [1.807, 2.05) is 66.9 Å². The highest BCUT2D eigenvalue weighted by atomic mass is 79.9. The van der Waals surface area contributed by atoms with E-state index in [0.29, 0.717) is 6.54 Å². The number of hydrogen-bond donors (Lipinski definition) is 0. The summed E-state index contributed by atoms with van der Waals surface area (Å²) in [7, 11) is 0. The first-order valence-electron chi connectivity index (χ1n) is 8.06. The number of nitrogens with zero attached hydrogens (tertiary/aromatic N) is 2. The van der Waals surface area contributed by atoms with Crippen LogP contribution in [0, 0.1) is 0 Å². The fraction of sp³-hybridized carbons (Fsp3) is 0.0476. The Labute approximate surface area is 154 Å². The summed E-state index contributed by atoms with van der Waals surface area (Å²) in [6, 6.07) is 23.6. The largest absolute Gasteiger partial charge is 0.290 e. The Morgan fingerprint density at radius 2 is 1.64 bits per heavy atom. The van der Waals surface area contributed by atoms with Crippen molar-refractivity contribution in [3.8, 4) is 11.3 Å². The van der Waals surface area contributed by atoms with Gasteiger partial charge in [0.25, 0.3) is 5.65 Å². The van der Waals surface area contributed by atoms with Crippen molar-refractivity contribution in [2.24, 2.45) is 0 Å². The Morgan fingerprint density at radius 1 is 0.920 bits per heavy atom. The Balaban J connectivity index is 1.82. The molecule has 0 aliphatic rings. The summed E-state index contributed by atoms with van der Waals surface area (Å²) in [6.07, 6.45) is 4.07. The first-order valence-corrected chi connectivity index (χ1v) is 8.85. The number of imidazole rings is 1. The van der Waals surface area contributed by atoms with Gasteiger partial charge in [0.2, 0.25) is 5.78 Å². The molecular weight excluding hydrogens is 376 g/mol. The van der Waals surface area contributed by atoms with Crippen molar-refractivity contribution in [3.63, 3.8) is 0 Å². The lowest BCUT2D eigenvalue weighted by Crippen LogP contribution is -2.19. The molecule has 2 aromatic heterocycles. The van der Waals surface area contributed by atoms with Gasteiger partial charge in [0, 0.05) is 21.7 Å². The van der Waals surface area contributed by atoms with Crippen LogP contribution in [0.3, 0.4) is 0 Å². The van der Waals surface area contributed by atoms with Gasteiger partial charge in [0.05, 0.1) is 6.20 Å². The summed E-state index contributed by atoms with van der Waals surface area (Å²) in [5.74, 6) is 0.0981. The van der Waals surface area contributed by atoms with E-state index in [-0.39, 0.29) is 5.78 Å². The molecule has 122 valence electrons. The molecule has 0 aliphatic heterocycles. The smallest absolute Gasteiger partial charge is 0.287 e. The fourth-order valence-electron chi connectivity index (χ4n) is 2.99. The van der Waals surface area contributed by atoms with Crippen LogP contribution in [0.5, 0.6) is 0 Å². The molecule has 25 heavy (non-hydrogen) atoms. The molecule has 4 heteroatoms. The molecule has 0 radical (unpaired) electrons. The van der Waals surface area contributed by atoms with Gasteiger partial charge in [0.1, 0.15) is 6.20 Å². The highest BCUT2D eigenvalue weighted by Gasteiger charge is 2.21. The minimum absolute atomic E-state index is 0.0981. The highest BCUT2D eigenvalue weighted by molar-refractivity contribution is 9.10. The first-order chi connectivity index (χ1) is 12.2. The fourth-order valence-corrected chi connectivity index (χ4v) is 3.25. The van der Waals surface area contributed by atoms with Crippen LogP contribution in [0.2, 0.25) is 0 Å². The third-order valence-corrected chi connectivity index (χ3v) is 4.76. The van der Waals surface area contributed by atoms with Gasteiger partial charge in [-0.05, 0) is 30.3 Å². The molecule has 0 aliphatic carbocycles. The molecule has 0 unspecified atom stereocenters. The first kappa shape index (κ1) is 15.8.